The van der Waals surface area contributed by atoms with Crippen molar-refractivity contribution >= 4 is 75.4 Å². The number of rotatable bonds is 4. The Morgan fingerprint density at radius 1 is 0.353 bits per heavy atom. The second-order valence-corrected chi connectivity index (χ2v) is 13.8. The average molecular weight is 672 g/mol. The van der Waals surface area contributed by atoms with Crippen LogP contribution < -0.4 is 0 Å². The van der Waals surface area contributed by atoms with Crippen LogP contribution in [-0.4, -0.2) is 15.0 Å². The molecule has 0 bridgehead atoms. The number of para-hydroxylation sites is 4. The minimum absolute atomic E-state index is 0.532. The van der Waals surface area contributed by atoms with Crippen LogP contribution in [0, 0.1) is 0 Å². The van der Waals surface area contributed by atoms with Crippen molar-refractivity contribution in [2.45, 2.75) is 0 Å². The molecule has 0 aliphatic carbocycles. The highest BCUT2D eigenvalue weighted by Gasteiger charge is 2.22. The van der Waals surface area contributed by atoms with Gasteiger partial charge in [-0.3, -0.25) is 0 Å². The summed E-state index contributed by atoms with van der Waals surface area (Å²) in [7, 11) is 0. The standard InChI is InChI=1S/C45H25N3O2S/c1-2-12-26(13-3-1)43-46-44(35-22-9-16-29-27-14-4-6-24-37(27)49-40(29)35)48-45(47-43)36-23-10-18-31-30-17-8-19-32(39(30)50-41(31)36)34-21-11-20-33-28-15-5-7-25-38(28)51-42(33)34/h1-25H. The van der Waals surface area contributed by atoms with Crippen molar-refractivity contribution in [1.29, 1.82) is 0 Å². The molecule has 0 spiro atoms. The van der Waals surface area contributed by atoms with E-state index >= 15 is 0 Å². The Morgan fingerprint density at radius 3 is 1.61 bits per heavy atom. The maximum Gasteiger partial charge on any atom is 0.167 e. The third-order valence-electron chi connectivity index (χ3n) is 9.77. The molecule has 0 atom stereocenters. The number of hydrogen-bond acceptors (Lipinski definition) is 6. The van der Waals surface area contributed by atoms with E-state index in [9.17, 15) is 0 Å². The van der Waals surface area contributed by atoms with E-state index in [-0.39, 0.29) is 0 Å². The summed E-state index contributed by atoms with van der Waals surface area (Å²) in [6, 6.07) is 52.0. The van der Waals surface area contributed by atoms with Crippen molar-refractivity contribution in [2.75, 3.05) is 0 Å². The van der Waals surface area contributed by atoms with Gasteiger partial charge >= 0.3 is 0 Å². The SMILES string of the molecule is c1ccc(-c2nc(-c3cccc4c3oc3ccccc34)nc(-c3cccc4c3oc3c(-c5cccc6c5sc5ccccc56)cccc34)n2)cc1. The van der Waals surface area contributed by atoms with Crippen molar-refractivity contribution in [3.8, 4) is 45.3 Å². The number of benzene rings is 7. The monoisotopic (exact) mass is 671 g/mol. The van der Waals surface area contributed by atoms with Gasteiger partial charge in [0.25, 0.3) is 0 Å². The zero-order valence-electron chi connectivity index (χ0n) is 27.0. The Bertz CT molecular complexity index is 3160. The molecule has 0 fully saturated rings. The first-order valence-electron chi connectivity index (χ1n) is 16.9. The first-order chi connectivity index (χ1) is 25.3. The van der Waals surface area contributed by atoms with E-state index in [0.717, 1.165) is 71.7 Å². The Morgan fingerprint density at radius 2 is 0.863 bits per heavy atom. The Kier molecular flexibility index (Phi) is 6.05. The van der Waals surface area contributed by atoms with Crippen LogP contribution in [0.2, 0.25) is 0 Å². The van der Waals surface area contributed by atoms with Crippen molar-refractivity contribution in [2.24, 2.45) is 0 Å². The largest absolute Gasteiger partial charge is 0.455 e. The van der Waals surface area contributed by atoms with E-state index in [4.69, 9.17) is 23.8 Å². The minimum Gasteiger partial charge on any atom is -0.455 e. The predicted octanol–water partition coefficient (Wildman–Crippen LogP) is 12.7. The average Bonchev–Trinajstić information content (AvgIpc) is 3.89. The van der Waals surface area contributed by atoms with Crippen LogP contribution in [0.5, 0.6) is 0 Å². The molecule has 4 aromatic heterocycles. The number of furan rings is 2. The lowest BCUT2D eigenvalue weighted by Crippen LogP contribution is -2.00. The van der Waals surface area contributed by atoms with E-state index in [1.165, 1.54) is 20.2 Å². The summed E-state index contributed by atoms with van der Waals surface area (Å²) in [5.74, 6) is 1.65. The lowest BCUT2D eigenvalue weighted by atomic mass is 10.00. The normalized spacial score (nSPS) is 11.9. The van der Waals surface area contributed by atoms with Gasteiger partial charge in [-0.25, -0.2) is 15.0 Å². The van der Waals surface area contributed by atoms with Gasteiger partial charge in [0.1, 0.15) is 22.3 Å². The second-order valence-electron chi connectivity index (χ2n) is 12.7. The van der Waals surface area contributed by atoms with Crippen LogP contribution in [-0.2, 0) is 0 Å². The van der Waals surface area contributed by atoms with Crippen LogP contribution >= 0.6 is 11.3 Å². The first kappa shape index (κ1) is 28.2. The van der Waals surface area contributed by atoms with Gasteiger partial charge in [0, 0.05) is 58.4 Å². The van der Waals surface area contributed by atoms with Crippen molar-refractivity contribution in [1.82, 2.24) is 15.0 Å². The lowest BCUT2D eigenvalue weighted by Gasteiger charge is -2.09. The molecule has 0 saturated heterocycles. The van der Waals surface area contributed by atoms with E-state index in [1.807, 2.05) is 78.1 Å². The third-order valence-corrected chi connectivity index (χ3v) is 11.0. The van der Waals surface area contributed by atoms with Crippen LogP contribution in [0.15, 0.2) is 160 Å². The molecule has 7 aromatic carbocycles. The van der Waals surface area contributed by atoms with Gasteiger partial charge in [-0.1, -0.05) is 127 Å². The predicted molar refractivity (Wildman–Crippen MR) is 209 cm³/mol. The fourth-order valence-corrected chi connectivity index (χ4v) is 8.65. The van der Waals surface area contributed by atoms with Gasteiger partial charge < -0.3 is 8.83 Å². The summed E-state index contributed by atoms with van der Waals surface area (Å²) in [6.07, 6.45) is 0. The highest BCUT2D eigenvalue weighted by atomic mass is 32.1. The highest BCUT2D eigenvalue weighted by molar-refractivity contribution is 7.26. The number of aromatic nitrogens is 3. The van der Waals surface area contributed by atoms with E-state index in [1.54, 1.807) is 0 Å². The summed E-state index contributed by atoms with van der Waals surface area (Å²) >= 11 is 1.82. The second kappa shape index (κ2) is 10.9. The molecule has 5 nitrogen and oxygen atoms in total. The molecule has 51 heavy (non-hydrogen) atoms. The Hall–Kier alpha value is -6.63. The van der Waals surface area contributed by atoms with Crippen LogP contribution in [0.25, 0.3) is 109 Å². The number of nitrogens with zero attached hydrogens (tertiary/aromatic N) is 3. The summed E-state index contributed by atoms with van der Waals surface area (Å²) in [5, 5.41) is 6.67. The Labute approximate surface area is 295 Å². The van der Waals surface area contributed by atoms with E-state index < -0.39 is 0 Å². The molecule has 6 heteroatoms. The fraction of sp³-hybridized carbons (Fsp3) is 0. The molecule has 0 unspecified atom stereocenters. The van der Waals surface area contributed by atoms with Gasteiger partial charge in [0.15, 0.2) is 17.5 Å². The zero-order valence-corrected chi connectivity index (χ0v) is 27.8. The number of thiophene rings is 1. The highest BCUT2D eigenvalue weighted by Crippen LogP contribution is 2.45. The molecule has 238 valence electrons. The quantitative estimate of drug-likeness (QED) is 0.186. The van der Waals surface area contributed by atoms with Crippen LogP contribution in [0.4, 0.5) is 0 Å². The Balaban J connectivity index is 1.15. The molecule has 0 radical (unpaired) electrons. The van der Waals surface area contributed by atoms with Gasteiger partial charge in [-0.05, 0) is 24.3 Å². The molecule has 11 aromatic rings. The molecule has 0 aliphatic heterocycles. The third kappa shape index (κ3) is 4.30. The molecule has 0 N–H and O–H groups in total. The molecule has 0 saturated carbocycles. The van der Waals surface area contributed by atoms with Crippen molar-refractivity contribution in [3.63, 3.8) is 0 Å². The number of hydrogen-bond donors (Lipinski definition) is 0. The van der Waals surface area contributed by atoms with Gasteiger partial charge in [-0.15, -0.1) is 11.3 Å². The van der Waals surface area contributed by atoms with Crippen molar-refractivity contribution in [3.05, 3.63) is 152 Å². The van der Waals surface area contributed by atoms with Gasteiger partial charge in [0.2, 0.25) is 0 Å². The molecular weight excluding hydrogens is 647 g/mol. The molecule has 0 amide bonds. The number of fused-ring (bicyclic) bond motifs is 9. The van der Waals surface area contributed by atoms with E-state index in [0.29, 0.717) is 17.5 Å². The minimum atomic E-state index is 0.532. The topological polar surface area (TPSA) is 65.0 Å². The zero-order chi connectivity index (χ0) is 33.5. The summed E-state index contributed by atoms with van der Waals surface area (Å²) in [5.41, 5.74) is 7.87. The summed E-state index contributed by atoms with van der Waals surface area (Å²) < 4.78 is 15.9. The van der Waals surface area contributed by atoms with Crippen LogP contribution in [0.3, 0.4) is 0 Å². The summed E-state index contributed by atoms with van der Waals surface area (Å²) in [6.45, 7) is 0. The molecule has 11 rings (SSSR count). The maximum absolute atomic E-state index is 6.93. The van der Waals surface area contributed by atoms with Gasteiger partial charge in [0.05, 0.1) is 11.1 Å². The van der Waals surface area contributed by atoms with E-state index in [2.05, 4.69) is 84.9 Å². The van der Waals surface area contributed by atoms with Gasteiger partial charge in [-0.2, -0.15) is 0 Å². The molecule has 4 heterocycles. The summed E-state index contributed by atoms with van der Waals surface area (Å²) in [4.78, 5) is 15.3. The fourth-order valence-electron chi connectivity index (χ4n) is 7.42. The van der Waals surface area contributed by atoms with Crippen LogP contribution in [0.1, 0.15) is 0 Å². The molecular formula is C45H25N3O2S. The molecule has 0 aliphatic rings. The van der Waals surface area contributed by atoms with Crippen molar-refractivity contribution < 1.29 is 8.83 Å². The first-order valence-corrected chi connectivity index (χ1v) is 17.7. The maximum atomic E-state index is 6.93. The lowest BCUT2D eigenvalue weighted by molar-refractivity contribution is 0.669. The smallest absolute Gasteiger partial charge is 0.167 e.